The van der Waals surface area contributed by atoms with Crippen LogP contribution in [0.1, 0.15) is 0 Å². The maximum absolute atomic E-state index is 3.57. The highest BCUT2D eigenvalue weighted by molar-refractivity contribution is 8.00. The number of allylic oxidation sites excluding steroid dienone is 2. The SMILES string of the molecule is C=CN1[C]=CC=CS1. The van der Waals surface area contributed by atoms with Gasteiger partial charge in [-0.15, -0.1) is 0 Å². The number of hydrogen-bond acceptors (Lipinski definition) is 2. The molecule has 1 aliphatic heterocycles. The van der Waals surface area contributed by atoms with Crippen LogP contribution in [-0.2, 0) is 0 Å². The summed E-state index contributed by atoms with van der Waals surface area (Å²) in [6.45, 7) is 3.57. The number of nitrogens with zero attached hydrogens (tertiary/aromatic N) is 1. The maximum atomic E-state index is 3.57. The van der Waals surface area contributed by atoms with E-state index in [0.29, 0.717) is 0 Å². The topological polar surface area (TPSA) is 3.24 Å². The molecule has 0 unspecified atom stereocenters. The molecule has 1 rings (SSSR count). The van der Waals surface area contributed by atoms with Crippen molar-refractivity contribution in [3.63, 3.8) is 0 Å². The second kappa shape index (κ2) is 2.62. The van der Waals surface area contributed by atoms with Crippen LogP contribution in [-0.4, -0.2) is 4.31 Å². The highest BCUT2D eigenvalue weighted by Gasteiger charge is 1.91. The molecule has 1 radical (unpaired) electrons. The van der Waals surface area contributed by atoms with Crippen LogP contribution in [0.2, 0.25) is 0 Å². The number of hydrogen-bond donors (Lipinski definition) is 0. The van der Waals surface area contributed by atoms with Gasteiger partial charge in [-0.2, -0.15) is 0 Å². The van der Waals surface area contributed by atoms with Crippen LogP contribution >= 0.6 is 11.9 Å². The third kappa shape index (κ3) is 1.17. The van der Waals surface area contributed by atoms with Gasteiger partial charge in [-0.1, -0.05) is 12.7 Å². The van der Waals surface area contributed by atoms with Crippen LogP contribution in [0.25, 0.3) is 0 Å². The minimum Gasteiger partial charge on any atom is -0.287 e. The first-order valence-electron chi connectivity index (χ1n) is 2.26. The first-order chi connectivity index (χ1) is 3.93. The van der Waals surface area contributed by atoms with Crippen molar-refractivity contribution in [1.82, 2.24) is 4.31 Å². The van der Waals surface area contributed by atoms with E-state index in [1.165, 1.54) is 0 Å². The van der Waals surface area contributed by atoms with E-state index in [9.17, 15) is 0 Å². The molecule has 0 aromatic rings. The van der Waals surface area contributed by atoms with Crippen LogP contribution in [0, 0.1) is 6.20 Å². The van der Waals surface area contributed by atoms with Crippen LogP contribution in [0.3, 0.4) is 0 Å². The van der Waals surface area contributed by atoms with E-state index in [-0.39, 0.29) is 0 Å². The van der Waals surface area contributed by atoms with E-state index in [4.69, 9.17) is 0 Å². The quantitative estimate of drug-likeness (QED) is 0.491. The lowest BCUT2D eigenvalue weighted by Gasteiger charge is -2.09. The predicted octanol–water partition coefficient (Wildman–Crippen LogP) is 1.92. The van der Waals surface area contributed by atoms with Gasteiger partial charge >= 0.3 is 0 Å². The van der Waals surface area contributed by atoms with Gasteiger partial charge in [0.2, 0.25) is 0 Å². The molecule has 1 nitrogen and oxygen atoms in total. The Labute approximate surface area is 53.5 Å². The van der Waals surface area contributed by atoms with Crippen molar-refractivity contribution in [3.05, 3.63) is 36.5 Å². The molecule has 0 spiro atoms. The van der Waals surface area contributed by atoms with Gasteiger partial charge in [0, 0.05) is 6.20 Å². The van der Waals surface area contributed by atoms with Gasteiger partial charge in [0.1, 0.15) is 0 Å². The van der Waals surface area contributed by atoms with Crippen molar-refractivity contribution >= 4 is 11.9 Å². The largest absolute Gasteiger partial charge is 0.287 e. The van der Waals surface area contributed by atoms with E-state index in [1.54, 1.807) is 22.5 Å². The second-order valence-electron chi connectivity index (χ2n) is 1.24. The molecule has 41 valence electrons. The van der Waals surface area contributed by atoms with E-state index in [1.807, 2.05) is 17.6 Å². The summed E-state index contributed by atoms with van der Waals surface area (Å²) in [5.41, 5.74) is 0. The molecule has 0 fully saturated rings. The standard InChI is InChI=1S/C6H6NS/c1-2-7-5-3-4-6-8-7/h2-4,6H,1H2. The van der Waals surface area contributed by atoms with Crippen LogP contribution in [0.5, 0.6) is 0 Å². The smallest absolute Gasteiger partial charge is 0.0767 e. The van der Waals surface area contributed by atoms with Crippen molar-refractivity contribution in [3.8, 4) is 0 Å². The normalized spacial score (nSPS) is 16.8. The molecule has 2 heteroatoms. The Kier molecular flexibility index (Phi) is 1.80. The van der Waals surface area contributed by atoms with Crippen LogP contribution in [0.15, 0.2) is 30.3 Å². The fourth-order valence-corrected chi connectivity index (χ4v) is 0.870. The Bertz CT molecular complexity index is 137. The van der Waals surface area contributed by atoms with Crippen LogP contribution in [0.4, 0.5) is 0 Å². The van der Waals surface area contributed by atoms with Gasteiger partial charge in [0.25, 0.3) is 0 Å². The molecule has 0 atom stereocenters. The monoisotopic (exact) mass is 124 g/mol. The predicted molar refractivity (Wildman–Crippen MR) is 36.6 cm³/mol. The molecule has 0 saturated heterocycles. The highest BCUT2D eigenvalue weighted by atomic mass is 32.2. The summed E-state index contributed by atoms with van der Waals surface area (Å²) in [6, 6.07) is 0. The molecule has 0 aromatic carbocycles. The summed E-state index contributed by atoms with van der Waals surface area (Å²) < 4.78 is 1.81. The van der Waals surface area contributed by atoms with Crippen molar-refractivity contribution < 1.29 is 0 Å². The summed E-state index contributed by atoms with van der Waals surface area (Å²) in [6.07, 6.45) is 8.43. The van der Waals surface area contributed by atoms with Crippen molar-refractivity contribution in [1.29, 1.82) is 0 Å². The lowest BCUT2D eigenvalue weighted by molar-refractivity contribution is 0.824. The fraction of sp³-hybridized carbons (Fsp3) is 0. The summed E-state index contributed by atoms with van der Waals surface area (Å²) in [5.74, 6) is 0. The van der Waals surface area contributed by atoms with Gasteiger partial charge in [0.05, 0.1) is 6.20 Å². The molecule has 0 aliphatic carbocycles. The molecule has 1 heterocycles. The van der Waals surface area contributed by atoms with Gasteiger partial charge in [0.15, 0.2) is 0 Å². The first-order valence-corrected chi connectivity index (χ1v) is 3.10. The van der Waals surface area contributed by atoms with Gasteiger partial charge in [-0.25, -0.2) is 0 Å². The lowest BCUT2D eigenvalue weighted by Crippen LogP contribution is -1.96. The molecular formula is C6H6NS. The Balaban J connectivity index is 2.51. The van der Waals surface area contributed by atoms with Gasteiger partial charge in [-0.05, 0) is 23.4 Å². The van der Waals surface area contributed by atoms with Gasteiger partial charge in [-0.3, -0.25) is 4.31 Å². The molecule has 0 bridgehead atoms. The van der Waals surface area contributed by atoms with E-state index >= 15 is 0 Å². The zero-order valence-corrected chi connectivity index (χ0v) is 5.19. The van der Waals surface area contributed by atoms with Crippen molar-refractivity contribution in [2.75, 3.05) is 0 Å². The third-order valence-electron chi connectivity index (χ3n) is 0.717. The molecule has 1 aliphatic rings. The maximum Gasteiger partial charge on any atom is 0.0767 e. The zero-order chi connectivity index (χ0) is 5.82. The first kappa shape index (κ1) is 5.51. The lowest BCUT2D eigenvalue weighted by atomic mass is 10.6. The Morgan fingerprint density at radius 2 is 2.62 bits per heavy atom. The summed E-state index contributed by atoms with van der Waals surface area (Å²) >= 11 is 1.56. The average molecular weight is 124 g/mol. The molecule has 0 aromatic heterocycles. The summed E-state index contributed by atoms with van der Waals surface area (Å²) in [4.78, 5) is 0. The van der Waals surface area contributed by atoms with Crippen LogP contribution < -0.4 is 0 Å². The Morgan fingerprint density at radius 1 is 1.75 bits per heavy atom. The van der Waals surface area contributed by atoms with E-state index in [0.717, 1.165) is 0 Å². The molecular weight excluding hydrogens is 118 g/mol. The zero-order valence-electron chi connectivity index (χ0n) is 4.37. The van der Waals surface area contributed by atoms with Crippen molar-refractivity contribution in [2.24, 2.45) is 0 Å². The third-order valence-corrected chi connectivity index (χ3v) is 1.48. The van der Waals surface area contributed by atoms with E-state index in [2.05, 4.69) is 12.8 Å². The van der Waals surface area contributed by atoms with Gasteiger partial charge < -0.3 is 0 Å². The van der Waals surface area contributed by atoms with Crippen molar-refractivity contribution in [2.45, 2.75) is 0 Å². The summed E-state index contributed by atoms with van der Waals surface area (Å²) in [5, 5.41) is 1.97. The number of rotatable bonds is 1. The fourth-order valence-electron chi connectivity index (χ4n) is 0.383. The minimum atomic E-state index is 1.56. The molecule has 0 amide bonds. The second-order valence-corrected chi connectivity index (χ2v) is 2.11. The average Bonchev–Trinajstić information content (AvgIpc) is 1.90. The highest BCUT2D eigenvalue weighted by Crippen LogP contribution is 2.14. The molecule has 0 N–H and O–H groups in total. The molecule has 0 saturated carbocycles. The van der Waals surface area contributed by atoms with E-state index < -0.39 is 0 Å². The minimum absolute atomic E-state index is 1.56. The Morgan fingerprint density at radius 3 is 3.00 bits per heavy atom. The molecule has 8 heavy (non-hydrogen) atoms. The summed E-state index contributed by atoms with van der Waals surface area (Å²) in [7, 11) is 0. The Hall–Kier alpha value is -0.630.